The summed E-state index contributed by atoms with van der Waals surface area (Å²) < 4.78 is 10.1. The predicted molar refractivity (Wildman–Crippen MR) is 96.2 cm³/mol. The minimum atomic E-state index is -0.931. The highest BCUT2D eigenvalue weighted by atomic mass is 32.1. The smallest absolute Gasteiger partial charge is 0.264 e. The first-order valence-electron chi connectivity index (χ1n) is 8.31. The summed E-state index contributed by atoms with van der Waals surface area (Å²) in [6.07, 6.45) is 1.26. The van der Waals surface area contributed by atoms with Gasteiger partial charge in [0, 0.05) is 12.0 Å². The van der Waals surface area contributed by atoms with E-state index >= 15 is 0 Å². The Morgan fingerprint density at radius 2 is 2.00 bits per heavy atom. The lowest BCUT2D eigenvalue weighted by atomic mass is 9.86. The third kappa shape index (κ3) is 2.97. The Balaban J connectivity index is 1.83. The van der Waals surface area contributed by atoms with Crippen LogP contribution in [0.5, 0.6) is 11.5 Å². The number of phenols is 1. The van der Waals surface area contributed by atoms with Crippen molar-refractivity contribution >= 4 is 17.4 Å². The summed E-state index contributed by atoms with van der Waals surface area (Å²) in [4.78, 5) is 13.7. The van der Waals surface area contributed by atoms with E-state index in [-0.39, 0.29) is 5.91 Å². The van der Waals surface area contributed by atoms with E-state index in [4.69, 9.17) is 4.74 Å². The van der Waals surface area contributed by atoms with Crippen LogP contribution in [0.2, 0.25) is 0 Å². The van der Waals surface area contributed by atoms with E-state index < -0.39 is 5.60 Å². The number of nitrogens with zero attached hydrogens (tertiary/aromatic N) is 2. The summed E-state index contributed by atoms with van der Waals surface area (Å²) in [5.41, 5.74) is 3.43. The zero-order valence-electron chi connectivity index (χ0n) is 15.2. The third-order valence-electron chi connectivity index (χ3n) is 5.15. The molecule has 3 rings (SSSR count). The SMILES string of the molecule is Cc1nnsc1CNC(=O)[C@@]1(C)CCc2c(C)c(O)c(C)c(C)c2O1. The van der Waals surface area contributed by atoms with Gasteiger partial charge in [0.2, 0.25) is 0 Å². The number of fused-ring (bicyclic) bond motifs is 1. The van der Waals surface area contributed by atoms with E-state index in [2.05, 4.69) is 14.9 Å². The molecule has 1 aromatic carbocycles. The molecule has 1 aliphatic rings. The molecule has 1 atom stereocenters. The molecule has 0 spiro atoms. The van der Waals surface area contributed by atoms with Gasteiger partial charge < -0.3 is 15.2 Å². The molecule has 0 radical (unpaired) electrons. The number of rotatable bonds is 3. The van der Waals surface area contributed by atoms with Crippen molar-refractivity contribution in [3.63, 3.8) is 0 Å². The highest BCUT2D eigenvalue weighted by Gasteiger charge is 2.40. The van der Waals surface area contributed by atoms with Gasteiger partial charge in [0.05, 0.1) is 17.1 Å². The van der Waals surface area contributed by atoms with Gasteiger partial charge in [-0.25, -0.2) is 0 Å². The van der Waals surface area contributed by atoms with E-state index in [0.717, 1.165) is 38.6 Å². The van der Waals surface area contributed by atoms with Crippen LogP contribution in [-0.2, 0) is 17.8 Å². The topological polar surface area (TPSA) is 84.3 Å². The molecule has 0 saturated carbocycles. The van der Waals surface area contributed by atoms with Gasteiger partial charge in [0.15, 0.2) is 5.60 Å². The number of carbonyl (C=O) groups excluding carboxylic acids is 1. The first-order valence-corrected chi connectivity index (χ1v) is 9.08. The molecule has 25 heavy (non-hydrogen) atoms. The average Bonchev–Trinajstić information content (AvgIpc) is 3.00. The van der Waals surface area contributed by atoms with Gasteiger partial charge in [-0.05, 0) is 69.3 Å². The number of aromatic nitrogens is 2. The highest BCUT2D eigenvalue weighted by molar-refractivity contribution is 7.05. The lowest BCUT2D eigenvalue weighted by Gasteiger charge is -2.36. The van der Waals surface area contributed by atoms with Crippen LogP contribution in [0, 0.1) is 27.7 Å². The molecule has 0 unspecified atom stereocenters. The monoisotopic (exact) mass is 361 g/mol. The number of phenolic OH excluding ortho intramolecular Hbond substituents is 1. The van der Waals surface area contributed by atoms with Crippen LogP contribution in [0.4, 0.5) is 0 Å². The van der Waals surface area contributed by atoms with Gasteiger partial charge in [0.25, 0.3) is 5.91 Å². The molecule has 2 heterocycles. The number of nitrogens with one attached hydrogen (secondary N) is 1. The number of amides is 1. The third-order valence-corrected chi connectivity index (χ3v) is 5.98. The molecular weight excluding hydrogens is 338 g/mol. The summed E-state index contributed by atoms with van der Waals surface area (Å²) in [6.45, 7) is 9.78. The van der Waals surface area contributed by atoms with Gasteiger partial charge in [-0.3, -0.25) is 4.79 Å². The Morgan fingerprint density at radius 3 is 2.64 bits per heavy atom. The second-order valence-electron chi connectivity index (χ2n) is 6.83. The molecule has 0 fully saturated rings. The fourth-order valence-corrected chi connectivity index (χ4v) is 3.74. The average molecular weight is 361 g/mol. The maximum absolute atomic E-state index is 12.8. The number of ether oxygens (including phenoxy) is 1. The van der Waals surface area contributed by atoms with E-state index in [1.54, 1.807) is 0 Å². The molecule has 2 aromatic rings. The number of aryl methyl sites for hydroxylation is 1. The maximum Gasteiger partial charge on any atom is 0.264 e. The van der Waals surface area contributed by atoms with E-state index in [0.29, 0.717) is 25.1 Å². The van der Waals surface area contributed by atoms with Crippen LogP contribution in [-0.4, -0.2) is 26.2 Å². The van der Waals surface area contributed by atoms with Crippen molar-refractivity contribution in [1.82, 2.24) is 14.9 Å². The fraction of sp³-hybridized carbons (Fsp3) is 0.500. The summed E-state index contributed by atoms with van der Waals surface area (Å²) in [7, 11) is 0. The quantitative estimate of drug-likeness (QED) is 0.878. The van der Waals surface area contributed by atoms with E-state index in [1.165, 1.54) is 11.5 Å². The predicted octanol–water partition coefficient (Wildman–Crippen LogP) is 2.88. The van der Waals surface area contributed by atoms with Gasteiger partial charge >= 0.3 is 0 Å². The summed E-state index contributed by atoms with van der Waals surface area (Å²) in [5.74, 6) is 0.905. The first kappa shape index (κ1) is 17.7. The second-order valence-corrected chi connectivity index (χ2v) is 7.67. The van der Waals surface area contributed by atoms with Gasteiger partial charge in [-0.1, -0.05) is 4.49 Å². The van der Waals surface area contributed by atoms with Gasteiger partial charge in [-0.2, -0.15) is 0 Å². The lowest BCUT2D eigenvalue weighted by Crippen LogP contribution is -2.50. The van der Waals surface area contributed by atoms with Crippen LogP contribution >= 0.6 is 11.5 Å². The van der Waals surface area contributed by atoms with E-state index in [9.17, 15) is 9.90 Å². The van der Waals surface area contributed by atoms with Gasteiger partial charge in [-0.15, -0.1) is 5.10 Å². The summed E-state index contributed by atoms with van der Waals surface area (Å²) >= 11 is 1.29. The number of hydrogen-bond donors (Lipinski definition) is 2. The van der Waals surface area contributed by atoms with E-state index in [1.807, 2.05) is 34.6 Å². The van der Waals surface area contributed by atoms with Crippen LogP contribution in [0.1, 0.15) is 46.2 Å². The van der Waals surface area contributed by atoms with Crippen molar-refractivity contribution in [3.05, 3.63) is 32.8 Å². The lowest BCUT2D eigenvalue weighted by molar-refractivity contribution is -0.137. The van der Waals surface area contributed by atoms with Crippen molar-refractivity contribution in [2.75, 3.05) is 0 Å². The Morgan fingerprint density at radius 1 is 1.28 bits per heavy atom. The zero-order chi connectivity index (χ0) is 18.4. The molecular formula is C18H23N3O3S. The molecule has 0 aliphatic carbocycles. The number of aromatic hydroxyl groups is 1. The Kier molecular flexibility index (Phi) is 4.45. The summed E-state index contributed by atoms with van der Waals surface area (Å²) in [5, 5.41) is 17.2. The molecule has 134 valence electrons. The largest absolute Gasteiger partial charge is 0.507 e. The molecule has 1 amide bonds. The van der Waals surface area contributed by atoms with Crippen molar-refractivity contribution < 1.29 is 14.6 Å². The molecule has 7 heteroatoms. The Labute approximate surface area is 151 Å². The van der Waals surface area contributed by atoms with Crippen molar-refractivity contribution in [1.29, 1.82) is 0 Å². The first-order chi connectivity index (χ1) is 11.7. The molecule has 6 nitrogen and oxygen atoms in total. The molecule has 0 saturated heterocycles. The normalized spacial score (nSPS) is 19.2. The van der Waals surface area contributed by atoms with Gasteiger partial charge in [0.1, 0.15) is 11.5 Å². The van der Waals surface area contributed by atoms with Crippen molar-refractivity contribution in [2.24, 2.45) is 0 Å². The zero-order valence-corrected chi connectivity index (χ0v) is 16.0. The molecule has 2 N–H and O–H groups in total. The van der Waals surface area contributed by atoms with Crippen LogP contribution in [0.25, 0.3) is 0 Å². The number of benzene rings is 1. The molecule has 1 aliphatic heterocycles. The van der Waals surface area contributed by atoms with Crippen LogP contribution in [0.3, 0.4) is 0 Å². The van der Waals surface area contributed by atoms with Crippen molar-refractivity contribution in [3.8, 4) is 11.5 Å². The minimum absolute atomic E-state index is 0.145. The van der Waals surface area contributed by atoms with Crippen molar-refractivity contribution in [2.45, 2.75) is 59.6 Å². The Bertz CT molecular complexity index is 847. The maximum atomic E-state index is 12.8. The minimum Gasteiger partial charge on any atom is -0.507 e. The standard InChI is InChI=1S/C18H23N3O3S/c1-9-10(2)16-13(11(3)15(9)22)6-7-18(5,24-16)17(23)19-8-14-12(4)20-21-25-14/h22H,6-8H2,1-5H3,(H,19,23)/t18-/m1/s1. The fourth-order valence-electron chi connectivity index (χ4n) is 3.17. The number of hydrogen-bond acceptors (Lipinski definition) is 6. The second kappa shape index (κ2) is 6.29. The molecule has 0 bridgehead atoms. The molecule has 1 aromatic heterocycles. The van der Waals surface area contributed by atoms with Crippen LogP contribution in [0.15, 0.2) is 0 Å². The summed E-state index contributed by atoms with van der Waals surface area (Å²) in [6, 6.07) is 0. The highest BCUT2D eigenvalue weighted by Crippen LogP contribution is 2.43. The Hall–Kier alpha value is -2.15. The van der Waals surface area contributed by atoms with Crippen LogP contribution < -0.4 is 10.1 Å². The number of carbonyl (C=O) groups is 1.